The van der Waals surface area contributed by atoms with Crippen molar-refractivity contribution < 1.29 is 0 Å². The average Bonchev–Trinajstić information content (AvgIpc) is 2.08. The van der Waals surface area contributed by atoms with Crippen LogP contribution in [0.5, 0.6) is 0 Å². The Balaban J connectivity index is 0. The Labute approximate surface area is 80.8 Å². The van der Waals surface area contributed by atoms with Crippen molar-refractivity contribution in [2.75, 3.05) is 14.1 Å². The van der Waals surface area contributed by atoms with Gasteiger partial charge >= 0.3 is 0 Å². The van der Waals surface area contributed by atoms with Crippen LogP contribution >= 0.6 is 12.4 Å². The van der Waals surface area contributed by atoms with Gasteiger partial charge in [-0.3, -0.25) is 4.98 Å². The minimum atomic E-state index is 0. The summed E-state index contributed by atoms with van der Waals surface area (Å²) < 4.78 is 0. The number of rotatable bonds is 1. The van der Waals surface area contributed by atoms with Crippen LogP contribution in [0.2, 0.25) is 0 Å². The highest BCUT2D eigenvalue weighted by atomic mass is 35.5. The maximum atomic E-state index is 3.89. The first-order chi connectivity index (χ1) is 5.35. The topological polar surface area (TPSA) is 24.9 Å². The molecule has 0 aliphatic carbocycles. The molecular formula is C9H17ClN2. The van der Waals surface area contributed by atoms with Crippen LogP contribution in [0.4, 0.5) is 0 Å². The molecule has 0 aromatic carbocycles. The Bertz CT molecular complexity index is 165. The van der Waals surface area contributed by atoms with E-state index in [9.17, 15) is 0 Å². The largest absolute Gasteiger partial charge is 0.323 e. The van der Waals surface area contributed by atoms with Crippen LogP contribution in [0.1, 0.15) is 12.5 Å². The second-order valence-electron chi connectivity index (χ2n) is 2.21. The Kier molecular flexibility index (Phi) is 12.1. The van der Waals surface area contributed by atoms with Crippen LogP contribution in [0.25, 0.3) is 0 Å². The molecule has 1 rings (SSSR count). The third kappa shape index (κ3) is 7.51. The zero-order valence-corrected chi connectivity index (χ0v) is 8.69. The van der Waals surface area contributed by atoms with E-state index in [2.05, 4.69) is 17.2 Å². The SMILES string of the molecule is CCc1ccncc1.CNC.Cl. The molecule has 1 N–H and O–H groups in total. The van der Waals surface area contributed by atoms with E-state index < -0.39 is 0 Å². The van der Waals surface area contributed by atoms with Gasteiger partial charge in [0, 0.05) is 12.4 Å². The lowest BCUT2D eigenvalue weighted by Crippen LogP contribution is -1.89. The second-order valence-corrected chi connectivity index (χ2v) is 2.21. The summed E-state index contributed by atoms with van der Waals surface area (Å²) in [5, 5.41) is 2.75. The Morgan fingerprint density at radius 1 is 1.25 bits per heavy atom. The van der Waals surface area contributed by atoms with Crippen molar-refractivity contribution in [3.63, 3.8) is 0 Å². The minimum absolute atomic E-state index is 0. The van der Waals surface area contributed by atoms with Crippen LogP contribution in [-0.2, 0) is 6.42 Å². The van der Waals surface area contributed by atoms with Crippen LogP contribution in [-0.4, -0.2) is 19.1 Å². The van der Waals surface area contributed by atoms with E-state index in [4.69, 9.17) is 0 Å². The van der Waals surface area contributed by atoms with E-state index in [0.717, 1.165) is 6.42 Å². The molecule has 0 bridgehead atoms. The molecule has 0 saturated carbocycles. The fourth-order valence-electron chi connectivity index (χ4n) is 0.618. The number of nitrogens with one attached hydrogen (secondary N) is 1. The van der Waals surface area contributed by atoms with E-state index in [1.165, 1.54) is 5.56 Å². The van der Waals surface area contributed by atoms with Gasteiger partial charge < -0.3 is 5.32 Å². The van der Waals surface area contributed by atoms with E-state index >= 15 is 0 Å². The van der Waals surface area contributed by atoms with Crippen LogP contribution in [0.3, 0.4) is 0 Å². The molecule has 3 heteroatoms. The molecule has 1 aromatic rings. The molecule has 0 aliphatic heterocycles. The number of pyridine rings is 1. The number of nitrogens with zero attached hydrogens (tertiary/aromatic N) is 1. The van der Waals surface area contributed by atoms with Gasteiger partial charge in [0.15, 0.2) is 0 Å². The molecule has 0 amide bonds. The fourth-order valence-corrected chi connectivity index (χ4v) is 0.618. The molecule has 0 radical (unpaired) electrons. The van der Waals surface area contributed by atoms with Crippen molar-refractivity contribution in [1.29, 1.82) is 0 Å². The zero-order chi connectivity index (χ0) is 8.53. The summed E-state index contributed by atoms with van der Waals surface area (Å²) in [6.45, 7) is 2.13. The average molecular weight is 189 g/mol. The monoisotopic (exact) mass is 188 g/mol. The molecule has 0 saturated heterocycles. The van der Waals surface area contributed by atoms with Crippen molar-refractivity contribution in [1.82, 2.24) is 10.3 Å². The molecule has 2 nitrogen and oxygen atoms in total. The van der Waals surface area contributed by atoms with E-state index in [1.54, 1.807) is 0 Å². The van der Waals surface area contributed by atoms with Crippen molar-refractivity contribution in [3.05, 3.63) is 30.1 Å². The molecule has 1 heterocycles. The third-order valence-electron chi connectivity index (χ3n) is 1.16. The highest BCUT2D eigenvalue weighted by Gasteiger charge is 1.80. The normalized spacial score (nSPS) is 7.58. The molecule has 1 aromatic heterocycles. The summed E-state index contributed by atoms with van der Waals surface area (Å²) >= 11 is 0. The number of aromatic nitrogens is 1. The summed E-state index contributed by atoms with van der Waals surface area (Å²) in [7, 11) is 3.75. The van der Waals surface area contributed by atoms with E-state index in [1.807, 2.05) is 38.6 Å². The fraction of sp³-hybridized carbons (Fsp3) is 0.444. The third-order valence-corrected chi connectivity index (χ3v) is 1.16. The number of hydrogen-bond donors (Lipinski definition) is 1. The smallest absolute Gasteiger partial charge is 0.0270 e. The van der Waals surface area contributed by atoms with Crippen LogP contribution in [0, 0.1) is 0 Å². The van der Waals surface area contributed by atoms with Crippen molar-refractivity contribution >= 4 is 12.4 Å². The molecule has 0 fully saturated rings. The molecule has 0 unspecified atom stereocenters. The lowest BCUT2D eigenvalue weighted by Gasteiger charge is -1.89. The van der Waals surface area contributed by atoms with Gasteiger partial charge in [0.2, 0.25) is 0 Å². The lowest BCUT2D eigenvalue weighted by atomic mass is 10.2. The quantitative estimate of drug-likeness (QED) is 0.729. The second kappa shape index (κ2) is 10.4. The van der Waals surface area contributed by atoms with Gasteiger partial charge in [-0.15, -0.1) is 12.4 Å². The van der Waals surface area contributed by atoms with E-state index in [0.29, 0.717) is 0 Å². The van der Waals surface area contributed by atoms with Crippen molar-refractivity contribution in [2.24, 2.45) is 0 Å². The summed E-state index contributed by atoms with van der Waals surface area (Å²) in [4.78, 5) is 3.89. The van der Waals surface area contributed by atoms with Crippen molar-refractivity contribution in [3.8, 4) is 0 Å². The first-order valence-corrected chi connectivity index (χ1v) is 3.82. The number of aryl methyl sites for hydroxylation is 1. The standard InChI is InChI=1S/C7H9N.C2H7N.ClH/c1-2-7-3-5-8-6-4-7;1-3-2;/h3-6H,2H2,1H3;3H,1-2H3;1H. The first-order valence-electron chi connectivity index (χ1n) is 3.82. The molecular weight excluding hydrogens is 172 g/mol. The molecule has 70 valence electrons. The van der Waals surface area contributed by atoms with Crippen molar-refractivity contribution in [2.45, 2.75) is 13.3 Å². The highest BCUT2D eigenvalue weighted by molar-refractivity contribution is 5.85. The van der Waals surface area contributed by atoms with Gasteiger partial charge in [-0.1, -0.05) is 6.92 Å². The molecule has 0 spiro atoms. The van der Waals surface area contributed by atoms with Gasteiger partial charge in [0.25, 0.3) is 0 Å². The predicted molar refractivity (Wildman–Crippen MR) is 55.8 cm³/mol. The Hall–Kier alpha value is -0.600. The summed E-state index contributed by atoms with van der Waals surface area (Å²) in [5.41, 5.74) is 1.35. The Morgan fingerprint density at radius 2 is 1.67 bits per heavy atom. The number of hydrogen-bond acceptors (Lipinski definition) is 2. The van der Waals surface area contributed by atoms with Gasteiger partial charge in [-0.2, -0.15) is 0 Å². The molecule has 12 heavy (non-hydrogen) atoms. The van der Waals surface area contributed by atoms with Gasteiger partial charge in [-0.05, 0) is 38.2 Å². The van der Waals surface area contributed by atoms with Crippen LogP contribution < -0.4 is 5.32 Å². The molecule has 0 aliphatic rings. The van der Waals surface area contributed by atoms with E-state index in [-0.39, 0.29) is 12.4 Å². The maximum Gasteiger partial charge on any atom is 0.0270 e. The summed E-state index contributed by atoms with van der Waals surface area (Å²) in [5.74, 6) is 0. The van der Waals surface area contributed by atoms with Gasteiger partial charge in [0.05, 0.1) is 0 Å². The van der Waals surface area contributed by atoms with Crippen LogP contribution in [0.15, 0.2) is 24.5 Å². The zero-order valence-electron chi connectivity index (χ0n) is 7.87. The van der Waals surface area contributed by atoms with Gasteiger partial charge in [0.1, 0.15) is 0 Å². The maximum absolute atomic E-state index is 3.89. The summed E-state index contributed by atoms with van der Waals surface area (Å²) in [6.07, 6.45) is 4.74. The lowest BCUT2D eigenvalue weighted by molar-refractivity contribution is 1.02. The Morgan fingerprint density at radius 3 is 1.92 bits per heavy atom. The summed E-state index contributed by atoms with van der Waals surface area (Å²) in [6, 6.07) is 4.06. The first kappa shape index (κ1) is 14.0. The molecule has 0 atom stereocenters. The predicted octanol–water partition coefficient (Wildman–Crippen LogP) is 1.90. The number of halogens is 1. The van der Waals surface area contributed by atoms with Gasteiger partial charge in [-0.25, -0.2) is 0 Å². The highest BCUT2D eigenvalue weighted by Crippen LogP contribution is 1.94. The minimum Gasteiger partial charge on any atom is -0.323 e.